The molecule has 2 N–H and O–H groups in total. The number of rotatable bonds is 7. The first kappa shape index (κ1) is 26.4. The van der Waals surface area contributed by atoms with Crippen molar-refractivity contribution in [2.24, 2.45) is 0 Å². The smallest absolute Gasteiger partial charge is 0.255 e. The molecule has 1 atom stereocenters. The van der Waals surface area contributed by atoms with Crippen LogP contribution < -0.4 is 10.6 Å². The number of benzene rings is 3. The van der Waals surface area contributed by atoms with Crippen molar-refractivity contribution in [3.63, 3.8) is 0 Å². The molecule has 8 heteroatoms. The summed E-state index contributed by atoms with van der Waals surface area (Å²) in [7, 11) is 0. The lowest BCUT2D eigenvalue weighted by molar-refractivity contribution is -0.113. The minimum Gasteiger partial charge on any atom is -0.328 e. The first-order valence-corrected chi connectivity index (χ1v) is 13.8. The summed E-state index contributed by atoms with van der Waals surface area (Å²) < 4.78 is 1.74. The second kappa shape index (κ2) is 10.9. The van der Waals surface area contributed by atoms with Crippen molar-refractivity contribution in [1.82, 2.24) is 14.8 Å². The predicted octanol–water partition coefficient (Wildman–Crippen LogP) is 6.41. The van der Waals surface area contributed by atoms with Gasteiger partial charge in [-0.25, -0.2) is 4.68 Å². The lowest BCUT2D eigenvalue weighted by Crippen LogP contribution is -2.31. The Morgan fingerprint density at radius 2 is 1.54 bits per heavy atom. The predicted molar refractivity (Wildman–Crippen MR) is 156 cm³/mol. The Labute approximate surface area is 232 Å². The van der Waals surface area contributed by atoms with Gasteiger partial charge >= 0.3 is 0 Å². The molecule has 2 heterocycles. The van der Waals surface area contributed by atoms with Crippen LogP contribution in [0.3, 0.4) is 0 Å². The van der Waals surface area contributed by atoms with E-state index in [9.17, 15) is 9.59 Å². The minimum absolute atomic E-state index is 0.0126. The molecule has 0 spiro atoms. The summed E-state index contributed by atoms with van der Waals surface area (Å²) in [6.45, 7) is 9.91. The van der Waals surface area contributed by atoms with Crippen LogP contribution in [0.5, 0.6) is 0 Å². The van der Waals surface area contributed by atoms with Gasteiger partial charge in [-0.1, -0.05) is 89.1 Å². The number of allylic oxidation sites excluding steroid dienone is 1. The number of hydrogen-bond acceptors (Lipinski definition) is 6. The molecule has 3 aromatic carbocycles. The molecule has 0 radical (unpaired) electrons. The van der Waals surface area contributed by atoms with Crippen molar-refractivity contribution in [3.05, 3.63) is 111 Å². The van der Waals surface area contributed by atoms with Crippen LogP contribution in [0, 0.1) is 27.7 Å². The molecule has 0 aliphatic carbocycles. The fourth-order valence-corrected chi connectivity index (χ4v) is 5.36. The fraction of sp³-hybridized carbons (Fsp3) is 0.226. The molecule has 0 fully saturated rings. The highest BCUT2D eigenvalue weighted by atomic mass is 32.2. The van der Waals surface area contributed by atoms with E-state index in [1.807, 2.05) is 101 Å². The van der Waals surface area contributed by atoms with Gasteiger partial charge in [-0.2, -0.15) is 4.98 Å². The van der Waals surface area contributed by atoms with Gasteiger partial charge in [0, 0.05) is 16.9 Å². The Balaban J connectivity index is 1.45. The largest absolute Gasteiger partial charge is 0.328 e. The monoisotopic (exact) mass is 537 g/mol. The van der Waals surface area contributed by atoms with E-state index in [0.717, 1.165) is 33.5 Å². The van der Waals surface area contributed by atoms with Crippen molar-refractivity contribution in [2.75, 3.05) is 16.4 Å². The number of nitrogens with one attached hydrogen (secondary N) is 2. The van der Waals surface area contributed by atoms with E-state index in [2.05, 4.69) is 15.6 Å². The third-order valence-corrected chi connectivity index (χ3v) is 7.64. The zero-order valence-corrected chi connectivity index (χ0v) is 23.5. The molecule has 1 aliphatic rings. The van der Waals surface area contributed by atoms with Crippen LogP contribution in [0.4, 0.5) is 11.6 Å². The summed E-state index contributed by atoms with van der Waals surface area (Å²) in [6, 6.07) is 21.1. The highest BCUT2D eigenvalue weighted by Gasteiger charge is 2.34. The van der Waals surface area contributed by atoms with Gasteiger partial charge < -0.3 is 10.6 Å². The van der Waals surface area contributed by atoms with Crippen LogP contribution in [0.25, 0.3) is 0 Å². The number of hydrogen-bond donors (Lipinski definition) is 2. The SMILES string of the molecule is CC1=C(C(=O)Nc2ccc(C)cc2C)[C@H](c2ccc(C)cc2)n2nc(SCC(=O)c3ccc(C)cc3)nc2N1. The molecule has 7 nitrogen and oxygen atoms in total. The molecule has 198 valence electrons. The van der Waals surface area contributed by atoms with Crippen molar-refractivity contribution >= 4 is 35.1 Å². The average Bonchev–Trinajstić information content (AvgIpc) is 3.31. The van der Waals surface area contributed by atoms with Gasteiger partial charge in [0.15, 0.2) is 5.78 Å². The molecule has 0 saturated carbocycles. The molecule has 0 saturated heterocycles. The number of aryl methyl sites for hydroxylation is 4. The maximum Gasteiger partial charge on any atom is 0.255 e. The van der Waals surface area contributed by atoms with Crippen LogP contribution >= 0.6 is 11.8 Å². The first-order chi connectivity index (χ1) is 18.7. The zero-order valence-electron chi connectivity index (χ0n) is 22.7. The van der Waals surface area contributed by atoms with Gasteiger partial charge in [-0.05, 0) is 51.8 Å². The topological polar surface area (TPSA) is 88.9 Å². The van der Waals surface area contributed by atoms with E-state index >= 15 is 0 Å². The second-order valence-electron chi connectivity index (χ2n) is 9.99. The van der Waals surface area contributed by atoms with Crippen LogP contribution in [0.2, 0.25) is 0 Å². The van der Waals surface area contributed by atoms with Crippen molar-refractivity contribution in [1.29, 1.82) is 0 Å². The summed E-state index contributed by atoms with van der Waals surface area (Å²) in [6.07, 6.45) is 0. The Hall–Kier alpha value is -4.17. The molecule has 39 heavy (non-hydrogen) atoms. The Bertz CT molecular complexity index is 1590. The maximum absolute atomic E-state index is 13.8. The Morgan fingerprint density at radius 1 is 0.897 bits per heavy atom. The molecule has 0 bridgehead atoms. The van der Waals surface area contributed by atoms with E-state index in [0.29, 0.717) is 27.9 Å². The van der Waals surface area contributed by atoms with E-state index in [-0.39, 0.29) is 17.4 Å². The van der Waals surface area contributed by atoms with E-state index in [1.165, 1.54) is 11.8 Å². The van der Waals surface area contributed by atoms with Crippen LogP contribution in [0.15, 0.2) is 83.2 Å². The second-order valence-corrected chi connectivity index (χ2v) is 10.9. The quantitative estimate of drug-likeness (QED) is 0.209. The van der Waals surface area contributed by atoms with Gasteiger partial charge in [-0.15, -0.1) is 5.10 Å². The Kier molecular flexibility index (Phi) is 7.39. The zero-order chi connectivity index (χ0) is 27.7. The molecule has 4 aromatic rings. The fourth-order valence-electron chi connectivity index (χ4n) is 4.64. The van der Waals surface area contributed by atoms with Crippen LogP contribution in [-0.4, -0.2) is 32.2 Å². The standard InChI is InChI=1S/C31H31N5O2S/c1-18-6-11-23(12-7-18)26(37)17-39-31-34-30-32-22(5)27(29(38)33-25-15-10-20(3)16-21(25)4)28(36(30)35-31)24-13-8-19(2)9-14-24/h6-16,28H,17H2,1-5H3,(H,33,38)(H,32,34,35)/t28-/m0/s1. The number of Topliss-reactive ketones (excluding diaryl/α,β-unsaturated/α-hetero) is 1. The first-order valence-electron chi connectivity index (χ1n) is 12.8. The molecule has 1 amide bonds. The van der Waals surface area contributed by atoms with Gasteiger partial charge in [0.1, 0.15) is 6.04 Å². The number of aromatic nitrogens is 3. The van der Waals surface area contributed by atoms with Crippen molar-refractivity contribution in [3.8, 4) is 0 Å². The molecule has 5 rings (SSSR count). The molecule has 1 aromatic heterocycles. The number of anilines is 2. The van der Waals surface area contributed by atoms with E-state index in [4.69, 9.17) is 5.10 Å². The summed E-state index contributed by atoms with van der Waals surface area (Å²) in [5, 5.41) is 11.6. The highest BCUT2D eigenvalue weighted by Crippen LogP contribution is 2.37. The highest BCUT2D eigenvalue weighted by molar-refractivity contribution is 7.99. The van der Waals surface area contributed by atoms with Gasteiger partial charge in [0.05, 0.1) is 11.3 Å². The average molecular weight is 538 g/mol. The van der Waals surface area contributed by atoms with E-state index in [1.54, 1.807) is 4.68 Å². The molecular formula is C31H31N5O2S. The van der Waals surface area contributed by atoms with Crippen molar-refractivity contribution in [2.45, 2.75) is 45.8 Å². The number of amides is 1. The minimum atomic E-state index is -0.484. The van der Waals surface area contributed by atoms with Gasteiger partial charge in [-0.3, -0.25) is 9.59 Å². The van der Waals surface area contributed by atoms with Crippen LogP contribution in [-0.2, 0) is 4.79 Å². The third-order valence-electron chi connectivity index (χ3n) is 6.81. The normalized spacial score (nSPS) is 14.5. The molecule has 1 aliphatic heterocycles. The summed E-state index contributed by atoms with van der Waals surface area (Å²) in [4.78, 5) is 31.2. The number of fused-ring (bicyclic) bond motifs is 1. The lowest BCUT2D eigenvalue weighted by atomic mass is 9.94. The lowest BCUT2D eigenvalue weighted by Gasteiger charge is -2.29. The number of nitrogens with zero attached hydrogens (tertiary/aromatic N) is 3. The summed E-state index contributed by atoms with van der Waals surface area (Å²) in [5.41, 5.74) is 7.98. The number of carbonyl (C=O) groups is 2. The van der Waals surface area contributed by atoms with Gasteiger partial charge in [0.25, 0.3) is 5.91 Å². The summed E-state index contributed by atoms with van der Waals surface area (Å²) in [5.74, 6) is 0.557. The molecule has 0 unspecified atom stereocenters. The number of carbonyl (C=O) groups excluding carboxylic acids is 2. The number of thioether (sulfide) groups is 1. The van der Waals surface area contributed by atoms with Crippen molar-refractivity contribution < 1.29 is 9.59 Å². The maximum atomic E-state index is 13.8. The number of ketones is 1. The van der Waals surface area contributed by atoms with E-state index < -0.39 is 6.04 Å². The third kappa shape index (κ3) is 5.66. The Morgan fingerprint density at radius 3 is 2.21 bits per heavy atom. The van der Waals surface area contributed by atoms with Gasteiger partial charge in [0.2, 0.25) is 11.1 Å². The summed E-state index contributed by atoms with van der Waals surface area (Å²) >= 11 is 1.29. The molecular weight excluding hydrogens is 506 g/mol. The van der Waals surface area contributed by atoms with Crippen LogP contribution in [0.1, 0.15) is 51.1 Å².